The van der Waals surface area contributed by atoms with Gasteiger partial charge in [-0.1, -0.05) is 0 Å². The van der Waals surface area contributed by atoms with E-state index >= 15 is 0 Å². The zero-order chi connectivity index (χ0) is 24.2. The number of carbonyl (C=O) groups is 1. The molecule has 2 N–H and O–H groups in total. The zero-order valence-electron chi connectivity index (χ0n) is 18.5. The van der Waals surface area contributed by atoms with Gasteiger partial charge in [-0.25, -0.2) is 18.2 Å². The Balaban J connectivity index is 1.51. The number of nitrogens with one attached hydrogen (secondary N) is 2. The van der Waals surface area contributed by atoms with E-state index in [-0.39, 0.29) is 22.0 Å². The van der Waals surface area contributed by atoms with Crippen LogP contribution in [-0.4, -0.2) is 11.9 Å². The Labute approximate surface area is 213 Å². The number of halogens is 5. The van der Waals surface area contributed by atoms with E-state index < -0.39 is 22.9 Å². The van der Waals surface area contributed by atoms with Crippen LogP contribution in [0, 0.1) is 47.5 Å². The topological polar surface area (TPSA) is 53.5 Å². The fourth-order valence-electron chi connectivity index (χ4n) is 6.44. The summed E-state index contributed by atoms with van der Waals surface area (Å²) in [5, 5.41) is 5.75. The summed E-state index contributed by atoms with van der Waals surface area (Å²) in [6.07, 6.45) is 6.15. The molecule has 1 amide bonds. The van der Waals surface area contributed by atoms with Gasteiger partial charge in [0.05, 0.1) is 16.8 Å². The summed E-state index contributed by atoms with van der Waals surface area (Å²) in [7, 11) is 0. The number of aryl methyl sites for hydroxylation is 1. The molecule has 0 unspecified atom stereocenters. The minimum Gasteiger partial charge on any atom is -0.322 e. The molecule has 0 heterocycles. The van der Waals surface area contributed by atoms with Crippen LogP contribution in [0.2, 0.25) is 0 Å². The van der Waals surface area contributed by atoms with Crippen molar-refractivity contribution in [1.82, 2.24) is 5.32 Å². The Morgan fingerprint density at radius 3 is 2.06 bits per heavy atom. The standard InChI is InChI=1S/C25H24Br2F3N3O/c1-12-2-16(28)6-18(26)21(12)31-24(32-22-19(27)7-17(29)8-20(22)30)33-23(34)25-9-13-3-14(10-25)5-15(4-13)11-25/h2,6-8,13-15H,3-5,9-11H2,1H3,(H2,31,32,33,34). The third-order valence-electron chi connectivity index (χ3n) is 7.44. The van der Waals surface area contributed by atoms with E-state index in [2.05, 4.69) is 47.5 Å². The van der Waals surface area contributed by atoms with E-state index in [1.807, 2.05) is 0 Å². The molecular weight excluding hydrogens is 575 g/mol. The van der Waals surface area contributed by atoms with Crippen molar-refractivity contribution in [2.24, 2.45) is 28.2 Å². The summed E-state index contributed by atoms with van der Waals surface area (Å²) in [4.78, 5) is 18.2. The fourth-order valence-corrected chi connectivity index (χ4v) is 7.57. The normalized spacial score (nSPS) is 27.7. The number of aliphatic imine (C=N–C) groups is 1. The van der Waals surface area contributed by atoms with E-state index in [1.165, 1.54) is 31.4 Å². The number of guanidine groups is 1. The van der Waals surface area contributed by atoms with Crippen molar-refractivity contribution in [2.75, 3.05) is 5.32 Å². The first kappa shape index (κ1) is 23.9. The van der Waals surface area contributed by atoms with Gasteiger partial charge in [-0.15, -0.1) is 0 Å². The van der Waals surface area contributed by atoms with Gasteiger partial charge in [-0.2, -0.15) is 0 Å². The number of hydrogen-bond acceptors (Lipinski definition) is 2. The maximum Gasteiger partial charge on any atom is 0.232 e. The Hall–Kier alpha value is -1.87. The molecule has 0 radical (unpaired) electrons. The van der Waals surface area contributed by atoms with Gasteiger partial charge in [0.1, 0.15) is 11.6 Å². The summed E-state index contributed by atoms with van der Waals surface area (Å²) >= 11 is 6.51. The molecule has 6 rings (SSSR count). The van der Waals surface area contributed by atoms with Crippen molar-refractivity contribution in [3.63, 3.8) is 0 Å². The highest BCUT2D eigenvalue weighted by atomic mass is 79.9. The molecular formula is C25H24Br2F3N3O. The van der Waals surface area contributed by atoms with E-state index in [1.54, 1.807) is 6.92 Å². The second kappa shape index (κ2) is 8.97. The SMILES string of the molecule is Cc1cc(F)cc(Br)c1N=C(NC(=O)C12CC3CC(CC(C3)C1)C2)Nc1c(F)cc(F)cc1Br. The lowest BCUT2D eigenvalue weighted by Crippen LogP contribution is -2.55. The first-order valence-electron chi connectivity index (χ1n) is 11.4. The van der Waals surface area contributed by atoms with Gasteiger partial charge < -0.3 is 5.32 Å². The highest BCUT2D eigenvalue weighted by molar-refractivity contribution is 9.11. The molecule has 2 aromatic carbocycles. The Kier molecular flexibility index (Phi) is 6.29. The van der Waals surface area contributed by atoms with Crippen LogP contribution in [0.4, 0.5) is 24.5 Å². The van der Waals surface area contributed by atoms with Gasteiger partial charge in [-0.05, 0) is 119 Å². The molecule has 4 fully saturated rings. The number of nitrogens with zero attached hydrogens (tertiary/aromatic N) is 1. The number of benzene rings is 2. The monoisotopic (exact) mass is 597 g/mol. The van der Waals surface area contributed by atoms with Gasteiger partial charge in [-0.3, -0.25) is 10.1 Å². The van der Waals surface area contributed by atoms with Gasteiger partial charge in [0.2, 0.25) is 11.9 Å². The Morgan fingerprint density at radius 2 is 1.50 bits per heavy atom. The number of rotatable bonds is 3. The van der Waals surface area contributed by atoms with Crippen molar-refractivity contribution in [3.8, 4) is 0 Å². The zero-order valence-corrected chi connectivity index (χ0v) is 21.7. The van der Waals surface area contributed by atoms with Gasteiger partial charge in [0.25, 0.3) is 0 Å². The van der Waals surface area contributed by atoms with E-state index in [0.717, 1.165) is 31.4 Å². The lowest BCUT2D eigenvalue weighted by molar-refractivity contribution is -0.144. The molecule has 0 saturated heterocycles. The van der Waals surface area contributed by atoms with Crippen LogP contribution < -0.4 is 10.6 Å². The Bertz CT molecular complexity index is 1120. The van der Waals surface area contributed by atoms with Crippen molar-refractivity contribution < 1.29 is 18.0 Å². The predicted molar refractivity (Wildman–Crippen MR) is 132 cm³/mol. The smallest absolute Gasteiger partial charge is 0.232 e. The lowest BCUT2D eigenvalue weighted by Gasteiger charge is -2.55. The molecule has 0 aromatic heterocycles. The molecule has 34 heavy (non-hydrogen) atoms. The second-order valence-corrected chi connectivity index (χ2v) is 11.7. The maximum absolute atomic E-state index is 14.6. The molecule has 4 aliphatic carbocycles. The molecule has 9 heteroatoms. The van der Waals surface area contributed by atoms with Crippen LogP contribution in [0.5, 0.6) is 0 Å². The van der Waals surface area contributed by atoms with Gasteiger partial charge in [0, 0.05) is 15.0 Å². The average molecular weight is 599 g/mol. The third-order valence-corrected chi connectivity index (χ3v) is 8.67. The minimum atomic E-state index is -0.835. The Morgan fingerprint density at radius 1 is 0.941 bits per heavy atom. The third kappa shape index (κ3) is 4.53. The summed E-state index contributed by atoms with van der Waals surface area (Å²) in [6, 6.07) is 4.49. The molecule has 4 aliphatic rings. The molecule has 0 atom stereocenters. The highest BCUT2D eigenvalue weighted by Gasteiger charge is 2.54. The first-order chi connectivity index (χ1) is 16.1. The first-order valence-corrected chi connectivity index (χ1v) is 13.0. The van der Waals surface area contributed by atoms with Crippen molar-refractivity contribution >= 4 is 55.1 Å². The van der Waals surface area contributed by atoms with Crippen LogP contribution in [0.25, 0.3) is 0 Å². The lowest BCUT2D eigenvalue weighted by atomic mass is 9.49. The largest absolute Gasteiger partial charge is 0.322 e. The number of carbonyl (C=O) groups excluding carboxylic acids is 1. The summed E-state index contributed by atoms with van der Waals surface area (Å²) in [5.74, 6) is -0.410. The maximum atomic E-state index is 14.6. The van der Waals surface area contributed by atoms with Crippen molar-refractivity contribution in [1.29, 1.82) is 0 Å². The second-order valence-electron chi connectivity index (χ2n) is 10.0. The average Bonchev–Trinajstić information content (AvgIpc) is 2.71. The van der Waals surface area contributed by atoms with Crippen LogP contribution in [-0.2, 0) is 4.79 Å². The molecule has 180 valence electrons. The molecule has 4 bridgehead atoms. The summed E-state index contributed by atoms with van der Waals surface area (Å²) in [5.41, 5.74) is 0.425. The fraction of sp³-hybridized carbons (Fsp3) is 0.440. The van der Waals surface area contributed by atoms with Crippen LogP contribution in [0.3, 0.4) is 0 Å². The van der Waals surface area contributed by atoms with E-state index in [9.17, 15) is 18.0 Å². The summed E-state index contributed by atoms with van der Waals surface area (Å²) in [6.45, 7) is 1.69. The molecule has 4 saturated carbocycles. The highest BCUT2D eigenvalue weighted by Crippen LogP contribution is 2.60. The predicted octanol–water partition coefficient (Wildman–Crippen LogP) is 7.37. The number of anilines is 1. The van der Waals surface area contributed by atoms with Gasteiger partial charge >= 0.3 is 0 Å². The molecule has 2 aromatic rings. The number of amides is 1. The summed E-state index contributed by atoms with van der Waals surface area (Å²) < 4.78 is 42.6. The number of hydrogen-bond donors (Lipinski definition) is 2. The minimum absolute atomic E-state index is 0.00219. The van der Waals surface area contributed by atoms with Gasteiger partial charge in [0.15, 0.2) is 5.82 Å². The van der Waals surface area contributed by atoms with Crippen molar-refractivity contribution in [3.05, 3.63) is 56.2 Å². The molecule has 0 spiro atoms. The van der Waals surface area contributed by atoms with Crippen LogP contribution in [0.15, 0.2) is 38.2 Å². The molecule has 4 nitrogen and oxygen atoms in total. The quantitative estimate of drug-likeness (QED) is 0.286. The van der Waals surface area contributed by atoms with E-state index in [4.69, 9.17) is 0 Å². The van der Waals surface area contributed by atoms with Crippen molar-refractivity contribution in [2.45, 2.75) is 45.4 Å². The van der Waals surface area contributed by atoms with E-state index in [0.29, 0.717) is 33.5 Å². The molecule has 0 aliphatic heterocycles. The van der Waals surface area contributed by atoms with Crippen LogP contribution in [0.1, 0.15) is 44.1 Å². The van der Waals surface area contributed by atoms with Crippen LogP contribution >= 0.6 is 31.9 Å².